The van der Waals surface area contributed by atoms with Gasteiger partial charge in [0.15, 0.2) is 5.78 Å². The highest BCUT2D eigenvalue weighted by atomic mass is 16.1. The third-order valence-electron chi connectivity index (χ3n) is 1.78. The number of nitriles is 1. The normalized spacial score (nSPS) is 25.4. The summed E-state index contributed by atoms with van der Waals surface area (Å²) in [6.45, 7) is 1.87. The van der Waals surface area contributed by atoms with Crippen LogP contribution in [0.3, 0.4) is 0 Å². The van der Waals surface area contributed by atoms with Gasteiger partial charge < -0.3 is 0 Å². The second-order valence-electron chi connectivity index (χ2n) is 2.57. The van der Waals surface area contributed by atoms with Gasteiger partial charge in [0.25, 0.3) is 0 Å². The fourth-order valence-corrected chi connectivity index (χ4v) is 1.08. The topological polar surface area (TPSA) is 40.9 Å². The fourth-order valence-electron chi connectivity index (χ4n) is 1.08. The molecule has 1 aliphatic carbocycles. The smallest absolute Gasteiger partial charge is 0.175 e. The average Bonchev–Trinajstić information content (AvgIpc) is 1.95. The van der Waals surface area contributed by atoms with Gasteiger partial charge in [-0.2, -0.15) is 5.26 Å². The minimum Gasteiger partial charge on any atom is -0.293 e. The lowest BCUT2D eigenvalue weighted by atomic mass is 9.90. The maximum absolute atomic E-state index is 11.1. The van der Waals surface area contributed by atoms with E-state index >= 15 is 0 Å². The van der Waals surface area contributed by atoms with Crippen LogP contribution in [0, 0.1) is 17.2 Å². The first-order chi connectivity index (χ1) is 4.75. The summed E-state index contributed by atoms with van der Waals surface area (Å²) in [7, 11) is 0. The molecule has 0 spiro atoms. The van der Waals surface area contributed by atoms with Gasteiger partial charge in [0.05, 0.1) is 5.57 Å². The molecule has 10 heavy (non-hydrogen) atoms. The van der Waals surface area contributed by atoms with Crippen molar-refractivity contribution in [3.8, 4) is 6.07 Å². The van der Waals surface area contributed by atoms with E-state index in [4.69, 9.17) is 5.26 Å². The van der Waals surface area contributed by atoms with E-state index in [1.807, 2.05) is 13.0 Å². The lowest BCUT2D eigenvalue weighted by Crippen LogP contribution is -2.16. The Kier molecular flexibility index (Phi) is 1.86. The summed E-state index contributed by atoms with van der Waals surface area (Å²) in [5.74, 6) is 0.0633. The Labute approximate surface area is 60.2 Å². The monoisotopic (exact) mass is 135 g/mol. The van der Waals surface area contributed by atoms with Crippen molar-refractivity contribution in [2.24, 2.45) is 5.92 Å². The molecule has 1 rings (SSSR count). The number of hydrogen-bond acceptors (Lipinski definition) is 2. The number of ketones is 1. The maximum atomic E-state index is 11.1. The number of hydrogen-bond donors (Lipinski definition) is 0. The molecule has 0 aromatic rings. The van der Waals surface area contributed by atoms with E-state index in [1.54, 1.807) is 6.08 Å². The van der Waals surface area contributed by atoms with Crippen LogP contribution >= 0.6 is 0 Å². The van der Waals surface area contributed by atoms with Crippen LogP contribution < -0.4 is 0 Å². The molecule has 2 nitrogen and oxygen atoms in total. The van der Waals surface area contributed by atoms with Gasteiger partial charge in [0, 0.05) is 5.92 Å². The highest BCUT2D eigenvalue weighted by Crippen LogP contribution is 2.18. The highest BCUT2D eigenvalue weighted by Gasteiger charge is 2.20. The lowest BCUT2D eigenvalue weighted by molar-refractivity contribution is -0.118. The molecule has 0 fully saturated rings. The zero-order chi connectivity index (χ0) is 7.56. The summed E-state index contributed by atoms with van der Waals surface area (Å²) in [6, 6.07) is 1.90. The van der Waals surface area contributed by atoms with E-state index < -0.39 is 0 Å². The van der Waals surface area contributed by atoms with Crippen molar-refractivity contribution >= 4 is 5.78 Å². The van der Waals surface area contributed by atoms with E-state index in [0.29, 0.717) is 5.57 Å². The van der Waals surface area contributed by atoms with E-state index in [1.165, 1.54) is 0 Å². The Morgan fingerprint density at radius 3 is 3.00 bits per heavy atom. The predicted molar refractivity (Wildman–Crippen MR) is 37.1 cm³/mol. The molecule has 0 N–H and O–H groups in total. The third-order valence-corrected chi connectivity index (χ3v) is 1.78. The summed E-state index contributed by atoms with van der Waals surface area (Å²) in [5.41, 5.74) is 0.346. The Bertz CT molecular complexity index is 222. The molecule has 0 aromatic carbocycles. The van der Waals surface area contributed by atoms with Crippen molar-refractivity contribution in [3.63, 3.8) is 0 Å². The molecule has 0 heterocycles. The number of Topliss-reactive ketones (excluding diaryl/α,β-unsaturated/α-hetero) is 1. The van der Waals surface area contributed by atoms with Crippen molar-refractivity contribution in [3.05, 3.63) is 11.6 Å². The van der Waals surface area contributed by atoms with Crippen LogP contribution in [-0.2, 0) is 4.79 Å². The van der Waals surface area contributed by atoms with Crippen LogP contribution in [0.15, 0.2) is 11.6 Å². The van der Waals surface area contributed by atoms with Crippen molar-refractivity contribution in [1.29, 1.82) is 5.26 Å². The standard InChI is InChI=1S/C8H9NO/c1-6-3-2-4-7(5-9)8(6)10/h4,6H,2-3H2,1H3. The Morgan fingerprint density at radius 2 is 2.50 bits per heavy atom. The summed E-state index contributed by atoms with van der Waals surface area (Å²) in [6.07, 6.45) is 3.49. The molecule has 0 bridgehead atoms. The first-order valence-electron chi connectivity index (χ1n) is 3.40. The van der Waals surface area contributed by atoms with Gasteiger partial charge in [0.1, 0.15) is 6.07 Å². The van der Waals surface area contributed by atoms with Crippen molar-refractivity contribution < 1.29 is 4.79 Å². The molecule has 0 aromatic heterocycles. The van der Waals surface area contributed by atoms with Gasteiger partial charge in [-0.25, -0.2) is 0 Å². The average molecular weight is 135 g/mol. The second-order valence-corrected chi connectivity index (χ2v) is 2.57. The Balaban J connectivity index is 2.84. The molecule has 0 radical (unpaired) electrons. The molecular weight excluding hydrogens is 126 g/mol. The van der Waals surface area contributed by atoms with E-state index in [9.17, 15) is 4.79 Å². The summed E-state index contributed by atoms with van der Waals surface area (Å²) < 4.78 is 0. The van der Waals surface area contributed by atoms with Crippen LogP contribution in [-0.4, -0.2) is 5.78 Å². The first kappa shape index (κ1) is 7.01. The molecule has 1 atom stereocenters. The van der Waals surface area contributed by atoms with Gasteiger partial charge in [0.2, 0.25) is 0 Å². The van der Waals surface area contributed by atoms with Gasteiger partial charge in [-0.3, -0.25) is 4.79 Å². The zero-order valence-corrected chi connectivity index (χ0v) is 5.92. The van der Waals surface area contributed by atoms with Crippen molar-refractivity contribution in [2.75, 3.05) is 0 Å². The zero-order valence-electron chi connectivity index (χ0n) is 5.92. The van der Waals surface area contributed by atoms with E-state index in [0.717, 1.165) is 12.8 Å². The maximum Gasteiger partial charge on any atom is 0.175 e. The molecule has 0 saturated carbocycles. The summed E-state index contributed by atoms with van der Waals surface area (Å²) in [5, 5.41) is 8.44. The first-order valence-corrected chi connectivity index (χ1v) is 3.40. The van der Waals surface area contributed by atoms with Crippen LogP contribution in [0.4, 0.5) is 0 Å². The second kappa shape index (κ2) is 2.66. The van der Waals surface area contributed by atoms with E-state index in [-0.39, 0.29) is 11.7 Å². The van der Waals surface area contributed by atoms with Gasteiger partial charge in [-0.1, -0.05) is 13.0 Å². The SMILES string of the molecule is CC1CCC=C(C#N)C1=O. The van der Waals surface area contributed by atoms with Gasteiger partial charge >= 0.3 is 0 Å². The van der Waals surface area contributed by atoms with Crippen LogP contribution in [0.2, 0.25) is 0 Å². The van der Waals surface area contributed by atoms with Crippen LogP contribution in [0.25, 0.3) is 0 Å². The van der Waals surface area contributed by atoms with Crippen molar-refractivity contribution in [1.82, 2.24) is 0 Å². The largest absolute Gasteiger partial charge is 0.293 e. The molecule has 2 heteroatoms. The van der Waals surface area contributed by atoms with Gasteiger partial charge in [-0.05, 0) is 12.8 Å². The summed E-state index contributed by atoms with van der Waals surface area (Å²) >= 11 is 0. The van der Waals surface area contributed by atoms with Crippen molar-refractivity contribution in [2.45, 2.75) is 19.8 Å². The third kappa shape index (κ3) is 1.08. The fraction of sp³-hybridized carbons (Fsp3) is 0.500. The Morgan fingerprint density at radius 1 is 1.80 bits per heavy atom. The Hall–Kier alpha value is -1.10. The lowest BCUT2D eigenvalue weighted by Gasteiger charge is -2.12. The summed E-state index contributed by atoms with van der Waals surface area (Å²) in [4.78, 5) is 11.1. The molecule has 1 aliphatic rings. The minimum absolute atomic E-state index is 0.00810. The van der Waals surface area contributed by atoms with Crippen LogP contribution in [0.5, 0.6) is 0 Å². The number of rotatable bonds is 0. The van der Waals surface area contributed by atoms with E-state index in [2.05, 4.69) is 0 Å². The van der Waals surface area contributed by atoms with Crippen LogP contribution in [0.1, 0.15) is 19.8 Å². The molecule has 52 valence electrons. The molecule has 0 saturated heterocycles. The molecular formula is C8H9NO. The highest BCUT2D eigenvalue weighted by molar-refractivity contribution is 6.01. The molecule has 0 aliphatic heterocycles. The number of nitrogens with zero attached hydrogens (tertiary/aromatic N) is 1. The van der Waals surface area contributed by atoms with Gasteiger partial charge in [-0.15, -0.1) is 0 Å². The number of allylic oxidation sites excluding steroid dienone is 2. The number of carbonyl (C=O) groups excluding carboxylic acids is 1. The minimum atomic E-state index is 0.00810. The predicted octanol–water partition coefficient (Wildman–Crippen LogP) is 1.44. The molecule has 1 unspecified atom stereocenters. The molecule has 0 amide bonds. The quantitative estimate of drug-likeness (QED) is 0.504. The number of carbonyl (C=O) groups is 1.